The van der Waals surface area contributed by atoms with Crippen LogP contribution in [0.4, 0.5) is 5.95 Å². The van der Waals surface area contributed by atoms with Gasteiger partial charge in [-0.05, 0) is 56.2 Å². The first-order valence-electron chi connectivity index (χ1n) is 7.51. The van der Waals surface area contributed by atoms with Crippen LogP contribution in [0.3, 0.4) is 0 Å². The van der Waals surface area contributed by atoms with Crippen LogP contribution < -0.4 is 10.2 Å². The van der Waals surface area contributed by atoms with Crippen molar-refractivity contribution in [1.29, 1.82) is 0 Å². The van der Waals surface area contributed by atoms with Gasteiger partial charge in [0.1, 0.15) is 5.75 Å². The van der Waals surface area contributed by atoms with Gasteiger partial charge in [0.25, 0.3) is 0 Å². The number of nitrogens with zero attached hydrogens (tertiary/aromatic N) is 3. The molecule has 0 amide bonds. The minimum atomic E-state index is 0.508. The Hall–Kier alpha value is -2.43. The lowest BCUT2D eigenvalue weighted by Crippen LogP contribution is -2.00. The number of hydrogen-bond acceptors (Lipinski definition) is 5. The fourth-order valence-corrected chi connectivity index (χ4v) is 1.92. The zero-order valence-corrected chi connectivity index (χ0v) is 13.3. The molecule has 0 fully saturated rings. The molecule has 22 heavy (non-hydrogen) atoms. The monoisotopic (exact) mass is 298 g/mol. The van der Waals surface area contributed by atoms with E-state index in [0.29, 0.717) is 5.95 Å². The summed E-state index contributed by atoms with van der Waals surface area (Å²) in [6.45, 7) is 6.77. The van der Waals surface area contributed by atoms with E-state index in [1.807, 2.05) is 44.2 Å². The van der Waals surface area contributed by atoms with Crippen molar-refractivity contribution in [3.63, 3.8) is 0 Å². The summed E-state index contributed by atoms with van der Waals surface area (Å²) in [6.07, 6.45) is 3.94. The summed E-state index contributed by atoms with van der Waals surface area (Å²) >= 11 is 0. The van der Waals surface area contributed by atoms with Crippen LogP contribution in [-0.2, 0) is 0 Å². The minimum Gasteiger partial charge on any atom is -0.494 e. The molecule has 5 nitrogen and oxygen atoms in total. The molecule has 1 aromatic heterocycles. The molecule has 0 spiro atoms. The van der Waals surface area contributed by atoms with Crippen LogP contribution in [0.5, 0.6) is 5.75 Å². The number of aryl methyl sites for hydroxylation is 2. The highest BCUT2D eigenvalue weighted by atomic mass is 16.5. The minimum absolute atomic E-state index is 0.508. The van der Waals surface area contributed by atoms with Crippen molar-refractivity contribution in [2.75, 3.05) is 12.0 Å². The second kappa shape index (κ2) is 8.12. The van der Waals surface area contributed by atoms with E-state index >= 15 is 0 Å². The van der Waals surface area contributed by atoms with Crippen LogP contribution in [0.15, 0.2) is 35.4 Å². The highest BCUT2D eigenvalue weighted by molar-refractivity contribution is 5.80. The third kappa shape index (κ3) is 5.16. The number of hydrogen-bond donors (Lipinski definition) is 1. The Morgan fingerprint density at radius 2 is 1.82 bits per heavy atom. The van der Waals surface area contributed by atoms with Gasteiger partial charge in [0.15, 0.2) is 0 Å². The van der Waals surface area contributed by atoms with E-state index in [4.69, 9.17) is 4.74 Å². The van der Waals surface area contributed by atoms with Gasteiger partial charge >= 0.3 is 0 Å². The fraction of sp³-hybridized carbons (Fsp3) is 0.353. The van der Waals surface area contributed by atoms with Crippen molar-refractivity contribution in [1.82, 2.24) is 9.97 Å². The van der Waals surface area contributed by atoms with Gasteiger partial charge in [0, 0.05) is 11.4 Å². The van der Waals surface area contributed by atoms with Crippen molar-refractivity contribution in [2.45, 2.75) is 33.6 Å². The van der Waals surface area contributed by atoms with Crippen LogP contribution in [0, 0.1) is 13.8 Å². The molecule has 1 heterocycles. The molecule has 116 valence electrons. The Morgan fingerprint density at radius 3 is 2.45 bits per heavy atom. The zero-order valence-electron chi connectivity index (χ0n) is 13.3. The normalized spacial score (nSPS) is 10.9. The third-order valence-electron chi connectivity index (χ3n) is 3.01. The second-order valence-electron chi connectivity index (χ2n) is 5.12. The Morgan fingerprint density at radius 1 is 1.14 bits per heavy atom. The summed E-state index contributed by atoms with van der Waals surface area (Å²) in [7, 11) is 0. The maximum atomic E-state index is 5.62. The second-order valence-corrected chi connectivity index (χ2v) is 5.12. The van der Waals surface area contributed by atoms with Crippen molar-refractivity contribution < 1.29 is 4.74 Å². The summed E-state index contributed by atoms with van der Waals surface area (Å²) < 4.78 is 5.62. The predicted molar refractivity (Wildman–Crippen MR) is 89.6 cm³/mol. The fourth-order valence-electron chi connectivity index (χ4n) is 1.92. The number of anilines is 1. The average Bonchev–Trinajstić information content (AvgIpc) is 2.48. The lowest BCUT2D eigenvalue weighted by atomic mass is 10.2. The summed E-state index contributed by atoms with van der Waals surface area (Å²) in [6, 6.07) is 9.75. The van der Waals surface area contributed by atoms with Crippen molar-refractivity contribution in [3.8, 4) is 5.75 Å². The molecule has 1 aromatic carbocycles. The predicted octanol–water partition coefficient (Wildman–Crippen LogP) is 3.72. The van der Waals surface area contributed by atoms with Gasteiger partial charge in [-0.1, -0.05) is 13.3 Å². The molecule has 0 atom stereocenters. The van der Waals surface area contributed by atoms with E-state index in [2.05, 4.69) is 27.4 Å². The number of benzene rings is 1. The first kappa shape index (κ1) is 15.9. The van der Waals surface area contributed by atoms with E-state index < -0.39 is 0 Å². The number of ether oxygens (including phenoxy) is 1. The molecule has 0 aliphatic heterocycles. The van der Waals surface area contributed by atoms with Gasteiger partial charge in [0.05, 0.1) is 12.8 Å². The Kier molecular flexibility index (Phi) is 5.89. The van der Waals surface area contributed by atoms with Gasteiger partial charge in [-0.25, -0.2) is 15.4 Å². The first-order chi connectivity index (χ1) is 10.7. The number of rotatable bonds is 7. The maximum Gasteiger partial charge on any atom is 0.243 e. The highest BCUT2D eigenvalue weighted by Crippen LogP contribution is 2.11. The summed E-state index contributed by atoms with van der Waals surface area (Å²) in [5, 5.41) is 4.16. The van der Waals surface area contributed by atoms with E-state index in [-0.39, 0.29) is 0 Å². The number of aromatic nitrogens is 2. The lowest BCUT2D eigenvalue weighted by molar-refractivity contribution is 0.309. The molecule has 0 aliphatic carbocycles. The molecule has 2 aromatic rings. The topological polar surface area (TPSA) is 59.4 Å². The summed E-state index contributed by atoms with van der Waals surface area (Å²) in [5.41, 5.74) is 5.66. The molecule has 0 radical (unpaired) electrons. The number of hydrazone groups is 1. The molecular weight excluding hydrogens is 276 g/mol. The first-order valence-corrected chi connectivity index (χ1v) is 7.51. The summed E-state index contributed by atoms with van der Waals surface area (Å²) in [4.78, 5) is 8.53. The molecule has 0 saturated carbocycles. The third-order valence-corrected chi connectivity index (χ3v) is 3.01. The van der Waals surface area contributed by atoms with Crippen molar-refractivity contribution in [3.05, 3.63) is 47.3 Å². The highest BCUT2D eigenvalue weighted by Gasteiger charge is 1.97. The van der Waals surface area contributed by atoms with Crippen molar-refractivity contribution in [2.24, 2.45) is 5.10 Å². The molecule has 0 bridgehead atoms. The van der Waals surface area contributed by atoms with Crippen LogP contribution in [0.25, 0.3) is 0 Å². The zero-order chi connectivity index (χ0) is 15.8. The quantitative estimate of drug-likeness (QED) is 0.481. The Bertz CT molecular complexity index is 603. The number of unbranched alkanes of at least 4 members (excludes halogenated alkanes) is 1. The standard InChI is InChI=1S/C17H22N4O/c1-4-5-10-22-16-8-6-15(7-9-16)12-18-21-17-19-13(2)11-14(3)20-17/h6-9,11-12H,4-5,10H2,1-3H3,(H,19,20,21)/b18-12+. The molecule has 2 rings (SSSR count). The van der Waals surface area contributed by atoms with Gasteiger partial charge in [0.2, 0.25) is 5.95 Å². The van der Waals surface area contributed by atoms with Gasteiger partial charge in [-0.2, -0.15) is 5.10 Å². The van der Waals surface area contributed by atoms with Crippen LogP contribution in [-0.4, -0.2) is 22.8 Å². The van der Waals surface area contributed by atoms with E-state index in [0.717, 1.165) is 42.1 Å². The SMILES string of the molecule is CCCCOc1ccc(/C=N/Nc2nc(C)cc(C)n2)cc1. The van der Waals surface area contributed by atoms with Gasteiger partial charge in [-0.3, -0.25) is 0 Å². The van der Waals surface area contributed by atoms with Crippen LogP contribution in [0.2, 0.25) is 0 Å². The largest absolute Gasteiger partial charge is 0.494 e. The Labute approximate surface area is 131 Å². The van der Waals surface area contributed by atoms with E-state index in [1.54, 1.807) is 6.21 Å². The maximum absolute atomic E-state index is 5.62. The van der Waals surface area contributed by atoms with Crippen LogP contribution >= 0.6 is 0 Å². The molecular formula is C17H22N4O. The Balaban J connectivity index is 1.90. The molecule has 0 saturated heterocycles. The smallest absolute Gasteiger partial charge is 0.243 e. The van der Waals surface area contributed by atoms with Gasteiger partial charge in [-0.15, -0.1) is 0 Å². The molecule has 0 aliphatic rings. The average molecular weight is 298 g/mol. The molecule has 5 heteroatoms. The molecule has 1 N–H and O–H groups in total. The van der Waals surface area contributed by atoms with E-state index in [9.17, 15) is 0 Å². The van der Waals surface area contributed by atoms with Crippen molar-refractivity contribution >= 4 is 12.2 Å². The molecule has 0 unspecified atom stereocenters. The number of nitrogens with one attached hydrogen (secondary N) is 1. The summed E-state index contributed by atoms with van der Waals surface area (Å²) in [5.74, 6) is 1.39. The lowest BCUT2D eigenvalue weighted by Gasteiger charge is -2.05. The van der Waals surface area contributed by atoms with Crippen LogP contribution in [0.1, 0.15) is 36.7 Å². The van der Waals surface area contributed by atoms with E-state index in [1.165, 1.54) is 0 Å². The van der Waals surface area contributed by atoms with Gasteiger partial charge < -0.3 is 4.74 Å².